The summed E-state index contributed by atoms with van der Waals surface area (Å²) in [6, 6.07) is 9.56. The predicted molar refractivity (Wildman–Crippen MR) is 110 cm³/mol. The summed E-state index contributed by atoms with van der Waals surface area (Å²) in [5.74, 6) is -1.30. The van der Waals surface area contributed by atoms with Gasteiger partial charge in [-0.05, 0) is 35.9 Å². The first-order chi connectivity index (χ1) is 15.0. The summed E-state index contributed by atoms with van der Waals surface area (Å²) in [7, 11) is 0. The van der Waals surface area contributed by atoms with Gasteiger partial charge in [-0.25, -0.2) is 4.39 Å². The summed E-state index contributed by atoms with van der Waals surface area (Å²) in [4.78, 5) is 25.5. The average Bonchev–Trinajstić information content (AvgIpc) is 2.70. The number of piperidine rings is 1. The van der Waals surface area contributed by atoms with Gasteiger partial charge < -0.3 is 20.1 Å². The number of primary amides is 1. The number of amides is 2. The van der Waals surface area contributed by atoms with Crippen molar-refractivity contribution in [2.24, 2.45) is 5.73 Å². The Morgan fingerprint density at radius 1 is 1.16 bits per heavy atom. The molecule has 1 aliphatic heterocycles. The first kappa shape index (κ1) is 23.8. The van der Waals surface area contributed by atoms with Gasteiger partial charge in [0.25, 0.3) is 5.91 Å². The van der Waals surface area contributed by atoms with E-state index in [1.54, 1.807) is 6.07 Å². The highest BCUT2D eigenvalue weighted by Crippen LogP contribution is 2.28. The number of benzene rings is 2. The highest BCUT2D eigenvalue weighted by atomic mass is 79.9. The van der Waals surface area contributed by atoms with Crippen molar-refractivity contribution in [2.75, 3.05) is 13.1 Å². The van der Waals surface area contributed by atoms with Crippen LogP contribution >= 0.6 is 15.9 Å². The fourth-order valence-corrected chi connectivity index (χ4v) is 3.66. The number of nitrogens with two attached hydrogens (primary N) is 1. The van der Waals surface area contributed by atoms with E-state index in [4.69, 9.17) is 10.5 Å². The van der Waals surface area contributed by atoms with Crippen molar-refractivity contribution in [3.05, 3.63) is 58.1 Å². The maximum absolute atomic E-state index is 14.7. The summed E-state index contributed by atoms with van der Waals surface area (Å²) < 4.78 is 61.5. The fraction of sp³-hybridized carbons (Fsp3) is 0.333. The molecule has 0 aliphatic carbocycles. The number of hydrogen-bond acceptors (Lipinski definition) is 4. The van der Waals surface area contributed by atoms with E-state index in [-0.39, 0.29) is 43.2 Å². The van der Waals surface area contributed by atoms with Crippen LogP contribution in [-0.2, 0) is 11.2 Å². The van der Waals surface area contributed by atoms with E-state index in [1.165, 1.54) is 29.2 Å². The molecular weight excluding hydrogens is 500 g/mol. The number of carbonyl (C=O) groups excluding carboxylic acids is 2. The van der Waals surface area contributed by atoms with Crippen molar-refractivity contribution in [1.82, 2.24) is 4.90 Å². The van der Waals surface area contributed by atoms with E-state index < -0.39 is 30.3 Å². The van der Waals surface area contributed by atoms with Gasteiger partial charge in [0.05, 0.1) is 18.5 Å². The van der Waals surface area contributed by atoms with Gasteiger partial charge in [0.2, 0.25) is 5.91 Å². The van der Waals surface area contributed by atoms with Crippen LogP contribution in [0.3, 0.4) is 0 Å². The molecule has 0 aromatic heterocycles. The van der Waals surface area contributed by atoms with Gasteiger partial charge in [-0.15, -0.1) is 13.2 Å². The Hall–Kier alpha value is -2.82. The molecule has 0 saturated carbocycles. The second-order valence-electron chi connectivity index (χ2n) is 7.17. The summed E-state index contributed by atoms with van der Waals surface area (Å²) in [6.07, 6.45) is -7.06. The van der Waals surface area contributed by atoms with E-state index in [0.29, 0.717) is 10.0 Å². The number of ether oxygens (including phenoxy) is 2. The quantitative estimate of drug-likeness (QED) is 0.586. The lowest BCUT2D eigenvalue weighted by molar-refractivity contribution is -0.274. The van der Waals surface area contributed by atoms with Crippen molar-refractivity contribution in [3.63, 3.8) is 0 Å². The molecule has 0 radical (unpaired) electrons. The summed E-state index contributed by atoms with van der Waals surface area (Å²) in [5, 5.41) is 0. The number of alkyl halides is 4. The van der Waals surface area contributed by atoms with E-state index in [9.17, 15) is 27.2 Å². The molecule has 172 valence electrons. The smallest absolute Gasteiger partial charge is 0.486 e. The predicted octanol–water partition coefficient (Wildman–Crippen LogP) is 4.01. The van der Waals surface area contributed by atoms with Crippen molar-refractivity contribution in [3.8, 4) is 11.5 Å². The zero-order valence-corrected chi connectivity index (χ0v) is 18.2. The van der Waals surface area contributed by atoms with Crippen molar-refractivity contribution in [2.45, 2.75) is 31.5 Å². The van der Waals surface area contributed by atoms with Gasteiger partial charge in [0.15, 0.2) is 6.17 Å². The van der Waals surface area contributed by atoms with Gasteiger partial charge in [-0.1, -0.05) is 28.1 Å². The number of halogens is 5. The molecule has 11 heteroatoms. The number of rotatable bonds is 6. The number of likely N-dealkylation sites (tertiary alicyclic amines) is 1. The minimum atomic E-state index is -4.80. The molecule has 3 rings (SSSR count). The van der Waals surface area contributed by atoms with E-state index in [2.05, 4.69) is 20.7 Å². The maximum atomic E-state index is 14.7. The highest BCUT2D eigenvalue weighted by molar-refractivity contribution is 9.10. The minimum Gasteiger partial charge on any atom is -0.486 e. The van der Waals surface area contributed by atoms with Crippen LogP contribution in [0.1, 0.15) is 22.3 Å². The lowest BCUT2D eigenvalue weighted by Crippen LogP contribution is -2.49. The monoisotopic (exact) mass is 518 g/mol. The molecule has 2 atom stereocenters. The Kier molecular flexibility index (Phi) is 7.27. The van der Waals surface area contributed by atoms with Crippen LogP contribution in [0.5, 0.6) is 11.5 Å². The summed E-state index contributed by atoms with van der Waals surface area (Å²) in [6.45, 7) is 0.0167. The lowest BCUT2D eigenvalue weighted by atomic mass is 10.0. The molecule has 1 heterocycles. The van der Waals surface area contributed by atoms with Crippen LogP contribution in [0.4, 0.5) is 17.6 Å². The minimum absolute atomic E-state index is 0.0942. The topological polar surface area (TPSA) is 81.9 Å². The number of carbonyl (C=O) groups is 2. The second-order valence-corrected chi connectivity index (χ2v) is 8.09. The largest absolute Gasteiger partial charge is 0.573 e. The van der Waals surface area contributed by atoms with Crippen LogP contribution in [-0.4, -0.2) is 48.4 Å². The van der Waals surface area contributed by atoms with E-state index in [1.807, 2.05) is 0 Å². The first-order valence-corrected chi connectivity index (χ1v) is 10.3. The second kappa shape index (κ2) is 9.76. The average molecular weight is 519 g/mol. The Bertz CT molecular complexity index is 985. The van der Waals surface area contributed by atoms with Gasteiger partial charge in [-0.3, -0.25) is 9.59 Å². The van der Waals surface area contributed by atoms with E-state index >= 15 is 0 Å². The Balaban J connectivity index is 1.57. The van der Waals surface area contributed by atoms with Crippen LogP contribution in [0.15, 0.2) is 46.9 Å². The van der Waals surface area contributed by atoms with Gasteiger partial charge >= 0.3 is 6.36 Å². The molecule has 1 saturated heterocycles. The van der Waals surface area contributed by atoms with Crippen molar-refractivity contribution in [1.29, 1.82) is 0 Å². The van der Waals surface area contributed by atoms with Crippen LogP contribution in [0.25, 0.3) is 0 Å². The van der Waals surface area contributed by atoms with Crippen molar-refractivity contribution >= 4 is 27.7 Å². The molecule has 0 bridgehead atoms. The standard InChI is InChI=1S/C21H19BrF4N2O4/c22-13-3-6-17(15(10-13)20(27)30)31-18-7-8-28(11-16(18)23)19(29)9-12-1-4-14(5-2-12)32-21(24,25)26/h1-6,10,16,18H,7-9,11H2,(H2,27,30)/t16-,18-/m1/s1. The van der Waals surface area contributed by atoms with Crippen LogP contribution in [0.2, 0.25) is 0 Å². The molecule has 0 spiro atoms. The fourth-order valence-electron chi connectivity index (χ4n) is 3.30. The molecule has 0 unspecified atom stereocenters. The van der Waals surface area contributed by atoms with Gasteiger partial charge in [-0.2, -0.15) is 0 Å². The van der Waals surface area contributed by atoms with Gasteiger partial charge in [0.1, 0.15) is 17.6 Å². The first-order valence-electron chi connectivity index (χ1n) is 9.54. The van der Waals surface area contributed by atoms with E-state index in [0.717, 1.165) is 12.1 Å². The zero-order valence-electron chi connectivity index (χ0n) is 16.6. The summed E-state index contributed by atoms with van der Waals surface area (Å²) in [5.41, 5.74) is 5.93. The summed E-state index contributed by atoms with van der Waals surface area (Å²) >= 11 is 3.23. The maximum Gasteiger partial charge on any atom is 0.573 e. The van der Waals surface area contributed by atoms with Crippen LogP contribution in [0, 0.1) is 0 Å². The zero-order chi connectivity index (χ0) is 23.5. The Morgan fingerprint density at radius 3 is 2.44 bits per heavy atom. The number of nitrogens with zero attached hydrogens (tertiary/aromatic N) is 1. The third-order valence-corrected chi connectivity index (χ3v) is 5.33. The van der Waals surface area contributed by atoms with Gasteiger partial charge in [0, 0.05) is 17.4 Å². The molecular formula is C21H19BrF4N2O4. The third-order valence-electron chi connectivity index (χ3n) is 4.83. The Labute approximate surface area is 189 Å². The molecule has 2 N–H and O–H groups in total. The third kappa shape index (κ3) is 6.35. The molecule has 1 fully saturated rings. The molecule has 6 nitrogen and oxygen atoms in total. The number of hydrogen-bond donors (Lipinski definition) is 1. The normalized spacial score (nSPS) is 18.8. The highest BCUT2D eigenvalue weighted by Gasteiger charge is 2.34. The molecule has 2 aromatic rings. The Morgan fingerprint density at radius 2 is 1.84 bits per heavy atom. The van der Waals surface area contributed by atoms with Crippen molar-refractivity contribution < 1.29 is 36.6 Å². The SMILES string of the molecule is NC(=O)c1cc(Br)ccc1O[C@@H]1CCN(C(=O)Cc2ccc(OC(F)(F)F)cc2)C[C@H]1F. The lowest BCUT2D eigenvalue weighted by Gasteiger charge is -2.35. The molecule has 2 aromatic carbocycles. The van der Waals surface area contributed by atoms with Crippen LogP contribution < -0.4 is 15.2 Å². The molecule has 2 amide bonds. The molecule has 1 aliphatic rings. The molecule has 32 heavy (non-hydrogen) atoms.